The van der Waals surface area contributed by atoms with Gasteiger partial charge < -0.3 is 10.1 Å². The van der Waals surface area contributed by atoms with E-state index in [0.29, 0.717) is 25.1 Å². The van der Waals surface area contributed by atoms with E-state index in [0.717, 1.165) is 0 Å². The third kappa shape index (κ3) is 4.63. The standard InChI is InChI=1S/C13H18N2O3/c1-3-18-13(17)10(2)15-9-6-12(16)11-4-7-14-8-5-11/h4-5,7-8,10,15H,3,6,9H2,1-2H3/t10-/m0/s1. The maximum absolute atomic E-state index is 11.7. The highest BCUT2D eigenvalue weighted by Gasteiger charge is 2.13. The van der Waals surface area contributed by atoms with Crippen molar-refractivity contribution in [3.63, 3.8) is 0 Å². The van der Waals surface area contributed by atoms with Crippen LogP contribution in [0.3, 0.4) is 0 Å². The Labute approximate surface area is 107 Å². The first kappa shape index (κ1) is 14.3. The fourth-order valence-electron chi connectivity index (χ4n) is 1.43. The van der Waals surface area contributed by atoms with Crippen LogP contribution in [0.4, 0.5) is 0 Å². The second-order valence-electron chi connectivity index (χ2n) is 3.84. The highest BCUT2D eigenvalue weighted by atomic mass is 16.5. The van der Waals surface area contributed by atoms with Crippen LogP contribution >= 0.6 is 0 Å². The first-order valence-corrected chi connectivity index (χ1v) is 5.98. The number of ketones is 1. The van der Waals surface area contributed by atoms with Crippen molar-refractivity contribution >= 4 is 11.8 Å². The van der Waals surface area contributed by atoms with Gasteiger partial charge in [-0.3, -0.25) is 14.6 Å². The Bertz CT molecular complexity index is 392. The molecule has 0 bridgehead atoms. The van der Waals surface area contributed by atoms with Gasteiger partial charge in [-0.15, -0.1) is 0 Å². The molecule has 0 aromatic carbocycles. The molecule has 98 valence electrons. The number of hydrogen-bond acceptors (Lipinski definition) is 5. The molecule has 0 aliphatic heterocycles. The number of pyridine rings is 1. The highest BCUT2D eigenvalue weighted by Crippen LogP contribution is 2.00. The van der Waals surface area contributed by atoms with Crippen LogP contribution < -0.4 is 5.32 Å². The van der Waals surface area contributed by atoms with E-state index in [-0.39, 0.29) is 11.8 Å². The van der Waals surface area contributed by atoms with Crippen molar-refractivity contribution in [1.82, 2.24) is 10.3 Å². The smallest absolute Gasteiger partial charge is 0.322 e. The maximum Gasteiger partial charge on any atom is 0.322 e. The van der Waals surface area contributed by atoms with Gasteiger partial charge in [0, 0.05) is 30.9 Å². The zero-order chi connectivity index (χ0) is 13.4. The summed E-state index contributed by atoms with van der Waals surface area (Å²) in [5.41, 5.74) is 0.635. The molecule has 5 heteroatoms. The van der Waals surface area contributed by atoms with E-state index in [4.69, 9.17) is 4.74 Å². The SMILES string of the molecule is CCOC(=O)[C@H](C)NCCC(=O)c1ccncc1. The lowest BCUT2D eigenvalue weighted by Gasteiger charge is -2.11. The molecule has 1 N–H and O–H groups in total. The van der Waals surface area contributed by atoms with Gasteiger partial charge in [-0.05, 0) is 26.0 Å². The molecule has 0 aliphatic rings. The minimum atomic E-state index is -0.393. The number of ether oxygens (including phenoxy) is 1. The van der Waals surface area contributed by atoms with Gasteiger partial charge in [0.05, 0.1) is 6.61 Å². The predicted molar refractivity (Wildman–Crippen MR) is 67.3 cm³/mol. The van der Waals surface area contributed by atoms with Gasteiger partial charge in [0.15, 0.2) is 5.78 Å². The van der Waals surface area contributed by atoms with Gasteiger partial charge in [0.2, 0.25) is 0 Å². The number of rotatable bonds is 7. The van der Waals surface area contributed by atoms with Gasteiger partial charge in [-0.25, -0.2) is 0 Å². The van der Waals surface area contributed by atoms with E-state index in [1.54, 1.807) is 38.4 Å². The van der Waals surface area contributed by atoms with Gasteiger partial charge in [-0.1, -0.05) is 0 Å². The normalized spacial score (nSPS) is 11.9. The summed E-state index contributed by atoms with van der Waals surface area (Å²) < 4.78 is 4.85. The number of esters is 1. The lowest BCUT2D eigenvalue weighted by Crippen LogP contribution is -2.36. The molecule has 0 spiro atoms. The molecular formula is C13H18N2O3. The van der Waals surface area contributed by atoms with Crippen molar-refractivity contribution in [2.24, 2.45) is 0 Å². The van der Waals surface area contributed by atoms with E-state index in [1.165, 1.54) is 0 Å². The molecule has 0 radical (unpaired) electrons. The summed E-state index contributed by atoms with van der Waals surface area (Å²) >= 11 is 0. The van der Waals surface area contributed by atoms with Crippen LogP contribution in [-0.2, 0) is 9.53 Å². The minimum absolute atomic E-state index is 0.0287. The van der Waals surface area contributed by atoms with Crippen molar-refractivity contribution in [3.05, 3.63) is 30.1 Å². The predicted octanol–water partition coefficient (Wildman–Crippen LogP) is 1.20. The molecular weight excluding hydrogens is 232 g/mol. The van der Waals surface area contributed by atoms with Crippen LogP contribution in [0.5, 0.6) is 0 Å². The molecule has 1 heterocycles. The largest absolute Gasteiger partial charge is 0.465 e. The zero-order valence-corrected chi connectivity index (χ0v) is 10.7. The number of aromatic nitrogens is 1. The third-order valence-electron chi connectivity index (χ3n) is 2.45. The third-order valence-corrected chi connectivity index (χ3v) is 2.45. The number of carbonyl (C=O) groups excluding carboxylic acids is 2. The van der Waals surface area contributed by atoms with Crippen molar-refractivity contribution in [1.29, 1.82) is 0 Å². The molecule has 5 nitrogen and oxygen atoms in total. The molecule has 1 aromatic rings. The fourth-order valence-corrected chi connectivity index (χ4v) is 1.43. The van der Waals surface area contributed by atoms with Crippen LogP contribution in [0.2, 0.25) is 0 Å². The van der Waals surface area contributed by atoms with Crippen LogP contribution in [0.15, 0.2) is 24.5 Å². The Morgan fingerprint density at radius 3 is 2.67 bits per heavy atom. The van der Waals surface area contributed by atoms with E-state index >= 15 is 0 Å². The molecule has 0 saturated carbocycles. The molecule has 0 aliphatic carbocycles. The number of nitrogens with one attached hydrogen (secondary N) is 1. The molecule has 0 fully saturated rings. The van der Waals surface area contributed by atoms with Gasteiger partial charge >= 0.3 is 5.97 Å². The van der Waals surface area contributed by atoms with Crippen molar-refractivity contribution < 1.29 is 14.3 Å². The van der Waals surface area contributed by atoms with Crippen LogP contribution in [-0.4, -0.2) is 35.9 Å². The first-order chi connectivity index (χ1) is 8.65. The van der Waals surface area contributed by atoms with E-state index in [9.17, 15) is 9.59 Å². The average Bonchev–Trinajstić information content (AvgIpc) is 2.39. The van der Waals surface area contributed by atoms with Crippen LogP contribution in [0, 0.1) is 0 Å². The van der Waals surface area contributed by atoms with E-state index < -0.39 is 6.04 Å². The summed E-state index contributed by atoms with van der Waals surface area (Å²) in [6.45, 7) is 4.29. The first-order valence-electron chi connectivity index (χ1n) is 5.98. The molecule has 18 heavy (non-hydrogen) atoms. The molecule has 0 unspecified atom stereocenters. The summed E-state index contributed by atoms with van der Waals surface area (Å²) in [6, 6.07) is 2.96. The summed E-state index contributed by atoms with van der Waals surface area (Å²) in [5, 5.41) is 2.96. The summed E-state index contributed by atoms with van der Waals surface area (Å²) in [6.07, 6.45) is 3.51. The minimum Gasteiger partial charge on any atom is -0.465 e. The molecule has 0 saturated heterocycles. The number of Topliss-reactive ketones (excluding diaryl/α,β-unsaturated/α-hetero) is 1. The number of nitrogens with zero attached hydrogens (tertiary/aromatic N) is 1. The Hall–Kier alpha value is -1.75. The summed E-state index contributed by atoms with van der Waals surface area (Å²) in [4.78, 5) is 26.9. The molecule has 1 aromatic heterocycles. The van der Waals surface area contributed by atoms with Crippen LogP contribution in [0.25, 0.3) is 0 Å². The Kier molecular flexibility index (Phi) is 6.00. The van der Waals surface area contributed by atoms with E-state index in [2.05, 4.69) is 10.3 Å². The Morgan fingerprint density at radius 1 is 1.39 bits per heavy atom. The highest BCUT2D eigenvalue weighted by molar-refractivity contribution is 5.96. The molecule has 0 amide bonds. The number of carbonyl (C=O) groups is 2. The quantitative estimate of drug-likeness (QED) is 0.581. The Balaban J connectivity index is 2.30. The van der Waals surface area contributed by atoms with Crippen molar-refractivity contribution in [2.75, 3.05) is 13.2 Å². The maximum atomic E-state index is 11.7. The summed E-state index contributed by atoms with van der Waals surface area (Å²) in [5.74, 6) is -0.269. The monoisotopic (exact) mass is 250 g/mol. The topological polar surface area (TPSA) is 68.3 Å². The lowest BCUT2D eigenvalue weighted by molar-refractivity contribution is -0.145. The number of hydrogen-bond donors (Lipinski definition) is 1. The van der Waals surface area contributed by atoms with Gasteiger partial charge in [0.1, 0.15) is 6.04 Å². The second kappa shape index (κ2) is 7.55. The Morgan fingerprint density at radius 2 is 2.06 bits per heavy atom. The lowest BCUT2D eigenvalue weighted by atomic mass is 10.1. The van der Waals surface area contributed by atoms with E-state index in [1.807, 2.05) is 0 Å². The van der Waals surface area contributed by atoms with Gasteiger partial charge in [0.25, 0.3) is 0 Å². The van der Waals surface area contributed by atoms with Crippen molar-refractivity contribution in [2.45, 2.75) is 26.3 Å². The van der Waals surface area contributed by atoms with Crippen LogP contribution in [0.1, 0.15) is 30.6 Å². The molecule has 1 atom stereocenters. The second-order valence-corrected chi connectivity index (χ2v) is 3.84. The zero-order valence-electron chi connectivity index (χ0n) is 10.7. The van der Waals surface area contributed by atoms with Crippen molar-refractivity contribution in [3.8, 4) is 0 Å². The average molecular weight is 250 g/mol. The van der Waals surface area contributed by atoms with Gasteiger partial charge in [-0.2, -0.15) is 0 Å². The molecule has 1 rings (SSSR count). The fraction of sp³-hybridized carbons (Fsp3) is 0.462. The summed E-state index contributed by atoms with van der Waals surface area (Å²) in [7, 11) is 0.